The summed E-state index contributed by atoms with van der Waals surface area (Å²) in [5, 5.41) is 2.78. The zero-order valence-electron chi connectivity index (χ0n) is 16.9. The van der Waals surface area contributed by atoms with Crippen LogP contribution in [-0.4, -0.2) is 62.5 Å². The van der Waals surface area contributed by atoms with Crippen LogP contribution < -0.4 is 11.0 Å². The summed E-state index contributed by atoms with van der Waals surface area (Å²) in [6.07, 6.45) is 1.81. The second kappa shape index (κ2) is 6.75. The van der Waals surface area contributed by atoms with Gasteiger partial charge < -0.3 is 10.2 Å². The highest BCUT2D eigenvalue weighted by molar-refractivity contribution is 6.06. The number of imidazole rings is 1. The van der Waals surface area contributed by atoms with Gasteiger partial charge in [0.25, 0.3) is 5.91 Å². The summed E-state index contributed by atoms with van der Waals surface area (Å²) >= 11 is 0. The van der Waals surface area contributed by atoms with Crippen molar-refractivity contribution in [3.8, 4) is 0 Å². The van der Waals surface area contributed by atoms with E-state index >= 15 is 0 Å². The topological polar surface area (TPSA) is 96.7 Å². The van der Waals surface area contributed by atoms with E-state index in [1.807, 2.05) is 18.2 Å². The van der Waals surface area contributed by atoms with Crippen molar-refractivity contribution in [2.75, 3.05) is 20.1 Å². The van der Waals surface area contributed by atoms with E-state index in [2.05, 4.69) is 5.32 Å². The summed E-state index contributed by atoms with van der Waals surface area (Å²) in [5.74, 6) is -0.177. The van der Waals surface area contributed by atoms with Crippen LogP contribution in [0.15, 0.2) is 23.0 Å². The molecule has 2 saturated heterocycles. The molecule has 4 amide bonds. The minimum atomic E-state index is -0.855. The van der Waals surface area contributed by atoms with Gasteiger partial charge in [0.15, 0.2) is 0 Å². The Balaban J connectivity index is 1.38. The quantitative estimate of drug-likeness (QED) is 0.754. The van der Waals surface area contributed by atoms with E-state index in [1.54, 1.807) is 28.1 Å². The Labute approximate surface area is 167 Å². The van der Waals surface area contributed by atoms with Gasteiger partial charge in [0.2, 0.25) is 5.91 Å². The molecule has 0 atom stereocenters. The Morgan fingerprint density at radius 1 is 1.03 bits per heavy atom. The van der Waals surface area contributed by atoms with Crippen LogP contribution >= 0.6 is 0 Å². The normalized spacial score (nSPS) is 18.7. The van der Waals surface area contributed by atoms with E-state index in [4.69, 9.17) is 0 Å². The molecule has 2 fully saturated rings. The molecule has 1 N–H and O–H groups in total. The van der Waals surface area contributed by atoms with E-state index < -0.39 is 5.54 Å². The van der Waals surface area contributed by atoms with Crippen LogP contribution in [0.1, 0.15) is 24.8 Å². The highest BCUT2D eigenvalue weighted by Crippen LogP contribution is 2.29. The van der Waals surface area contributed by atoms with E-state index in [0.717, 1.165) is 21.5 Å². The lowest BCUT2D eigenvalue weighted by atomic mass is 9.87. The lowest BCUT2D eigenvalue weighted by molar-refractivity contribution is -0.138. The number of fused-ring (bicyclic) bond motifs is 1. The molecule has 0 radical (unpaired) electrons. The van der Waals surface area contributed by atoms with Crippen LogP contribution in [0, 0.1) is 0 Å². The molecule has 2 aliphatic rings. The van der Waals surface area contributed by atoms with Crippen LogP contribution in [0.5, 0.6) is 0 Å². The van der Waals surface area contributed by atoms with Crippen molar-refractivity contribution in [2.45, 2.75) is 31.2 Å². The highest BCUT2D eigenvalue weighted by Gasteiger charge is 2.51. The fourth-order valence-electron chi connectivity index (χ4n) is 4.35. The van der Waals surface area contributed by atoms with Crippen molar-refractivity contribution >= 4 is 28.9 Å². The number of carbonyl (C=O) groups is 3. The van der Waals surface area contributed by atoms with Crippen molar-refractivity contribution in [1.82, 2.24) is 24.3 Å². The van der Waals surface area contributed by atoms with Crippen LogP contribution in [0.2, 0.25) is 0 Å². The number of imide groups is 1. The molecule has 0 aliphatic carbocycles. The lowest BCUT2D eigenvalue weighted by Crippen LogP contribution is -2.55. The van der Waals surface area contributed by atoms with Crippen molar-refractivity contribution < 1.29 is 14.4 Å². The SMILES string of the molecule is CN1C(=O)NC2(CCN(C(=O)CCc3ccc4c(c3)n(C)c(=O)n4C)CC2)C1=O. The first-order valence-electron chi connectivity index (χ1n) is 9.76. The van der Waals surface area contributed by atoms with Crippen LogP contribution in [0.4, 0.5) is 4.79 Å². The number of likely N-dealkylation sites (N-methyl/N-ethyl adjacent to an activating group) is 1. The molecule has 2 aromatic rings. The van der Waals surface area contributed by atoms with Gasteiger partial charge in [0.1, 0.15) is 5.54 Å². The fourth-order valence-corrected chi connectivity index (χ4v) is 4.35. The average Bonchev–Trinajstić information content (AvgIpc) is 3.06. The zero-order chi connectivity index (χ0) is 20.9. The van der Waals surface area contributed by atoms with Gasteiger partial charge in [-0.3, -0.25) is 23.6 Å². The van der Waals surface area contributed by atoms with Gasteiger partial charge in [-0.05, 0) is 37.0 Å². The first-order chi connectivity index (χ1) is 13.7. The Kier molecular flexibility index (Phi) is 4.48. The maximum atomic E-state index is 12.7. The third kappa shape index (κ3) is 3.01. The van der Waals surface area contributed by atoms with E-state index in [9.17, 15) is 19.2 Å². The maximum absolute atomic E-state index is 12.7. The molecular formula is C20H25N5O4. The maximum Gasteiger partial charge on any atom is 0.328 e. The highest BCUT2D eigenvalue weighted by atomic mass is 16.2. The molecule has 0 bridgehead atoms. The van der Waals surface area contributed by atoms with Crippen molar-refractivity contribution in [2.24, 2.45) is 14.1 Å². The Morgan fingerprint density at radius 2 is 1.69 bits per heavy atom. The van der Waals surface area contributed by atoms with Crippen LogP contribution in [-0.2, 0) is 30.1 Å². The molecule has 0 saturated carbocycles. The van der Waals surface area contributed by atoms with Gasteiger partial charge in [0, 0.05) is 40.7 Å². The number of hydrogen-bond acceptors (Lipinski definition) is 4. The predicted molar refractivity (Wildman–Crippen MR) is 106 cm³/mol. The third-order valence-electron chi connectivity index (χ3n) is 6.30. The van der Waals surface area contributed by atoms with Gasteiger partial charge in [-0.1, -0.05) is 6.07 Å². The molecule has 1 spiro atoms. The van der Waals surface area contributed by atoms with Crippen LogP contribution in [0.25, 0.3) is 11.0 Å². The summed E-state index contributed by atoms with van der Waals surface area (Å²) < 4.78 is 3.21. The monoisotopic (exact) mass is 399 g/mol. The molecule has 154 valence electrons. The molecule has 1 aromatic carbocycles. The summed E-state index contributed by atoms with van der Waals surface area (Å²) in [5.41, 5.74) is 1.78. The van der Waals surface area contributed by atoms with Gasteiger partial charge in [-0.2, -0.15) is 0 Å². The number of aryl methyl sites for hydroxylation is 3. The van der Waals surface area contributed by atoms with Gasteiger partial charge in [0.05, 0.1) is 11.0 Å². The van der Waals surface area contributed by atoms with Crippen molar-refractivity contribution in [3.63, 3.8) is 0 Å². The minimum Gasteiger partial charge on any atom is -0.342 e. The molecule has 3 heterocycles. The number of hydrogen-bond donors (Lipinski definition) is 1. The van der Waals surface area contributed by atoms with Crippen molar-refractivity contribution in [3.05, 3.63) is 34.2 Å². The number of rotatable bonds is 3. The summed E-state index contributed by atoms with van der Waals surface area (Å²) in [7, 11) is 4.96. The zero-order valence-corrected chi connectivity index (χ0v) is 16.9. The number of aromatic nitrogens is 2. The number of amides is 4. The van der Waals surface area contributed by atoms with E-state index in [0.29, 0.717) is 38.8 Å². The second-order valence-electron chi connectivity index (χ2n) is 7.98. The molecule has 0 unspecified atom stereocenters. The van der Waals surface area contributed by atoms with E-state index in [1.165, 1.54) is 7.05 Å². The largest absolute Gasteiger partial charge is 0.342 e. The van der Waals surface area contributed by atoms with Gasteiger partial charge >= 0.3 is 11.7 Å². The summed E-state index contributed by atoms with van der Waals surface area (Å²) in [4.78, 5) is 51.7. The number of benzene rings is 1. The number of piperidine rings is 1. The lowest BCUT2D eigenvalue weighted by Gasteiger charge is -2.37. The predicted octanol–water partition coefficient (Wildman–Crippen LogP) is 0.352. The first-order valence-corrected chi connectivity index (χ1v) is 9.76. The van der Waals surface area contributed by atoms with Gasteiger partial charge in [-0.25, -0.2) is 9.59 Å². The number of urea groups is 1. The fraction of sp³-hybridized carbons (Fsp3) is 0.500. The van der Waals surface area contributed by atoms with E-state index in [-0.39, 0.29) is 23.5 Å². The Hall–Kier alpha value is -3.10. The summed E-state index contributed by atoms with van der Waals surface area (Å²) in [6.45, 7) is 0.899. The second-order valence-corrected chi connectivity index (χ2v) is 7.98. The number of nitrogens with one attached hydrogen (secondary N) is 1. The Morgan fingerprint density at radius 3 is 2.31 bits per heavy atom. The minimum absolute atomic E-state index is 0.0343. The number of likely N-dealkylation sites (tertiary alicyclic amines) is 1. The Bertz CT molecular complexity index is 1070. The smallest absolute Gasteiger partial charge is 0.328 e. The average molecular weight is 399 g/mol. The molecular weight excluding hydrogens is 374 g/mol. The molecule has 1 aromatic heterocycles. The van der Waals surface area contributed by atoms with Crippen LogP contribution in [0.3, 0.4) is 0 Å². The summed E-state index contributed by atoms with van der Waals surface area (Å²) in [6, 6.07) is 5.44. The van der Waals surface area contributed by atoms with Gasteiger partial charge in [-0.15, -0.1) is 0 Å². The number of carbonyl (C=O) groups excluding carboxylic acids is 3. The molecule has 9 nitrogen and oxygen atoms in total. The van der Waals surface area contributed by atoms with Crippen molar-refractivity contribution in [1.29, 1.82) is 0 Å². The standard InChI is InChI=1S/C20H25N5O4/c1-22-14-6-4-13(12-15(14)23(2)19(22)29)5-7-16(26)25-10-8-20(9-11-25)17(27)24(3)18(28)21-20/h4,6,12H,5,7-11H2,1-3H3,(H,21,28). The first kappa shape index (κ1) is 19.2. The third-order valence-corrected chi connectivity index (χ3v) is 6.30. The molecule has 2 aliphatic heterocycles. The molecule has 29 heavy (non-hydrogen) atoms. The molecule has 9 heteroatoms. The number of nitrogens with zero attached hydrogens (tertiary/aromatic N) is 4. The molecule has 4 rings (SSSR count).